The lowest BCUT2D eigenvalue weighted by atomic mass is 10.1. The molecule has 0 radical (unpaired) electrons. The number of benzene rings is 1. The topological polar surface area (TPSA) is 24.5 Å². The molecule has 2 rings (SSSR count). The van der Waals surface area contributed by atoms with Gasteiger partial charge in [-0.25, -0.2) is 0 Å². The van der Waals surface area contributed by atoms with Crippen LogP contribution in [-0.4, -0.2) is 37.2 Å². The molecule has 0 aliphatic carbocycles. The third-order valence-corrected chi connectivity index (χ3v) is 3.64. The van der Waals surface area contributed by atoms with Crippen LogP contribution in [0.4, 0.5) is 0 Å². The number of nitrogens with zero attached hydrogens (tertiary/aromatic N) is 1. The Bertz CT molecular complexity index is 381. The van der Waals surface area contributed by atoms with Gasteiger partial charge in [-0.05, 0) is 31.0 Å². The smallest absolute Gasteiger partial charge is 0.0619 e. The molecule has 1 N–H and O–H groups in total. The maximum Gasteiger partial charge on any atom is 0.0619 e. The van der Waals surface area contributed by atoms with Crippen LogP contribution in [-0.2, 0) is 17.8 Å². The van der Waals surface area contributed by atoms with Gasteiger partial charge in [0.15, 0.2) is 0 Å². The second-order valence-corrected chi connectivity index (χ2v) is 5.39. The summed E-state index contributed by atoms with van der Waals surface area (Å²) in [6.07, 6.45) is 1.19. The summed E-state index contributed by atoms with van der Waals surface area (Å²) < 4.78 is 5.49. The normalized spacial score (nSPS) is 20.6. The largest absolute Gasteiger partial charge is 0.379 e. The van der Waals surface area contributed by atoms with Crippen molar-refractivity contribution >= 4 is 0 Å². The van der Waals surface area contributed by atoms with Crippen molar-refractivity contribution in [2.75, 3.05) is 26.3 Å². The minimum Gasteiger partial charge on any atom is -0.379 e. The lowest BCUT2D eigenvalue weighted by Gasteiger charge is -2.33. The van der Waals surface area contributed by atoms with Gasteiger partial charge in [-0.15, -0.1) is 0 Å². The molecule has 0 saturated carbocycles. The SMILES string of the molecule is CCCNCc1cccc(CN2CCOCC2C)c1. The van der Waals surface area contributed by atoms with Gasteiger partial charge in [0.2, 0.25) is 0 Å². The Kier molecular flexibility index (Phi) is 5.83. The lowest BCUT2D eigenvalue weighted by molar-refractivity contribution is -0.00437. The summed E-state index contributed by atoms with van der Waals surface area (Å²) in [6, 6.07) is 9.45. The van der Waals surface area contributed by atoms with E-state index in [0.717, 1.165) is 39.4 Å². The van der Waals surface area contributed by atoms with E-state index in [1.54, 1.807) is 0 Å². The Morgan fingerprint density at radius 1 is 1.37 bits per heavy atom. The van der Waals surface area contributed by atoms with Gasteiger partial charge < -0.3 is 10.1 Å². The highest BCUT2D eigenvalue weighted by Gasteiger charge is 2.18. The Morgan fingerprint density at radius 3 is 3.00 bits per heavy atom. The van der Waals surface area contributed by atoms with Crippen molar-refractivity contribution in [3.05, 3.63) is 35.4 Å². The lowest BCUT2D eigenvalue weighted by Crippen LogP contribution is -2.42. The van der Waals surface area contributed by atoms with Crippen LogP contribution in [0.25, 0.3) is 0 Å². The Balaban J connectivity index is 1.90. The molecule has 0 amide bonds. The molecule has 0 aromatic heterocycles. The van der Waals surface area contributed by atoms with E-state index in [4.69, 9.17) is 4.74 Å². The van der Waals surface area contributed by atoms with E-state index in [9.17, 15) is 0 Å². The Morgan fingerprint density at radius 2 is 2.21 bits per heavy atom. The average Bonchev–Trinajstić information content (AvgIpc) is 2.42. The predicted molar refractivity (Wildman–Crippen MR) is 79.1 cm³/mol. The van der Waals surface area contributed by atoms with E-state index in [1.165, 1.54) is 17.5 Å². The van der Waals surface area contributed by atoms with E-state index in [1.807, 2.05) is 0 Å². The zero-order chi connectivity index (χ0) is 13.5. The highest BCUT2D eigenvalue weighted by molar-refractivity contribution is 5.23. The standard InChI is InChI=1S/C16H26N2O/c1-3-7-17-11-15-5-4-6-16(10-15)12-18-8-9-19-13-14(18)2/h4-6,10,14,17H,3,7-9,11-13H2,1-2H3. The van der Waals surface area contributed by atoms with Crippen LogP contribution in [0.15, 0.2) is 24.3 Å². The summed E-state index contributed by atoms with van der Waals surface area (Å²) >= 11 is 0. The minimum absolute atomic E-state index is 0.524. The molecule has 0 bridgehead atoms. The van der Waals surface area contributed by atoms with Crippen LogP contribution in [0.2, 0.25) is 0 Å². The van der Waals surface area contributed by atoms with Crippen LogP contribution < -0.4 is 5.32 Å². The summed E-state index contributed by atoms with van der Waals surface area (Å²) in [6.45, 7) is 10.3. The first-order valence-electron chi connectivity index (χ1n) is 7.40. The minimum atomic E-state index is 0.524. The van der Waals surface area contributed by atoms with Gasteiger partial charge in [-0.3, -0.25) is 4.90 Å². The van der Waals surface area contributed by atoms with Crippen molar-refractivity contribution in [3.8, 4) is 0 Å². The second-order valence-electron chi connectivity index (χ2n) is 5.39. The molecule has 1 heterocycles. The van der Waals surface area contributed by atoms with E-state index in [-0.39, 0.29) is 0 Å². The fraction of sp³-hybridized carbons (Fsp3) is 0.625. The van der Waals surface area contributed by atoms with E-state index >= 15 is 0 Å². The molecule has 0 spiro atoms. The number of rotatable bonds is 6. The fourth-order valence-corrected chi connectivity index (χ4v) is 2.48. The van der Waals surface area contributed by atoms with Gasteiger partial charge in [0.25, 0.3) is 0 Å². The van der Waals surface area contributed by atoms with Crippen LogP contribution in [0, 0.1) is 0 Å². The molecule has 106 valence electrons. The number of morpholine rings is 1. The van der Waals surface area contributed by atoms with E-state index in [0.29, 0.717) is 6.04 Å². The first kappa shape index (κ1) is 14.5. The van der Waals surface area contributed by atoms with Crippen LogP contribution in [0.5, 0.6) is 0 Å². The molecule has 1 unspecified atom stereocenters. The van der Waals surface area contributed by atoms with Crippen molar-refractivity contribution < 1.29 is 4.74 Å². The summed E-state index contributed by atoms with van der Waals surface area (Å²) in [5.41, 5.74) is 2.79. The van der Waals surface area contributed by atoms with Crippen LogP contribution in [0.3, 0.4) is 0 Å². The van der Waals surface area contributed by atoms with Gasteiger partial charge >= 0.3 is 0 Å². The molecule has 1 aromatic rings. The first-order valence-corrected chi connectivity index (χ1v) is 7.40. The molecule has 1 aromatic carbocycles. The molecule has 3 heteroatoms. The maximum atomic E-state index is 5.49. The highest BCUT2D eigenvalue weighted by Crippen LogP contribution is 2.13. The Hall–Kier alpha value is -0.900. The molecular weight excluding hydrogens is 236 g/mol. The summed E-state index contributed by atoms with van der Waals surface area (Å²) in [7, 11) is 0. The van der Waals surface area contributed by atoms with E-state index < -0.39 is 0 Å². The van der Waals surface area contributed by atoms with Gasteiger partial charge in [0.05, 0.1) is 13.2 Å². The summed E-state index contributed by atoms with van der Waals surface area (Å²) in [4.78, 5) is 2.50. The molecule has 19 heavy (non-hydrogen) atoms. The van der Waals surface area contributed by atoms with Crippen molar-refractivity contribution in [2.45, 2.75) is 39.4 Å². The second kappa shape index (κ2) is 7.63. The molecule has 1 aliphatic heterocycles. The van der Waals surface area contributed by atoms with Crippen LogP contribution >= 0.6 is 0 Å². The number of hydrogen-bond acceptors (Lipinski definition) is 3. The fourth-order valence-electron chi connectivity index (χ4n) is 2.48. The molecule has 3 nitrogen and oxygen atoms in total. The molecular formula is C16H26N2O. The van der Waals surface area contributed by atoms with Gasteiger partial charge in [0, 0.05) is 25.7 Å². The monoisotopic (exact) mass is 262 g/mol. The number of hydrogen-bond donors (Lipinski definition) is 1. The number of ether oxygens (including phenoxy) is 1. The van der Waals surface area contributed by atoms with E-state index in [2.05, 4.69) is 48.3 Å². The zero-order valence-corrected chi connectivity index (χ0v) is 12.2. The predicted octanol–water partition coefficient (Wildman–Crippen LogP) is 2.41. The third kappa shape index (κ3) is 4.60. The van der Waals surface area contributed by atoms with Crippen LogP contribution in [0.1, 0.15) is 31.4 Å². The van der Waals surface area contributed by atoms with Gasteiger partial charge in [-0.2, -0.15) is 0 Å². The Labute approximate surface area is 116 Å². The van der Waals surface area contributed by atoms with Crippen molar-refractivity contribution in [2.24, 2.45) is 0 Å². The maximum absolute atomic E-state index is 5.49. The van der Waals surface area contributed by atoms with Gasteiger partial charge in [0.1, 0.15) is 0 Å². The van der Waals surface area contributed by atoms with Crippen molar-refractivity contribution in [1.82, 2.24) is 10.2 Å². The van der Waals surface area contributed by atoms with Gasteiger partial charge in [-0.1, -0.05) is 31.2 Å². The number of nitrogens with one attached hydrogen (secondary N) is 1. The van der Waals surface area contributed by atoms with Crippen molar-refractivity contribution in [1.29, 1.82) is 0 Å². The van der Waals surface area contributed by atoms with Crippen molar-refractivity contribution in [3.63, 3.8) is 0 Å². The molecule has 1 fully saturated rings. The average molecular weight is 262 g/mol. The summed E-state index contributed by atoms with van der Waals surface area (Å²) in [5.74, 6) is 0. The first-order chi connectivity index (χ1) is 9.29. The highest BCUT2D eigenvalue weighted by atomic mass is 16.5. The molecule has 1 saturated heterocycles. The summed E-state index contributed by atoms with van der Waals surface area (Å²) in [5, 5.41) is 3.46. The third-order valence-electron chi connectivity index (χ3n) is 3.64. The molecule has 1 atom stereocenters. The quantitative estimate of drug-likeness (QED) is 0.797. The molecule has 1 aliphatic rings. The zero-order valence-electron chi connectivity index (χ0n) is 12.2.